The zero-order chi connectivity index (χ0) is 17.7. The molecule has 140 valence electrons. The number of nitrogens with one attached hydrogen (secondary N) is 2. The van der Waals surface area contributed by atoms with Crippen LogP contribution in [0.3, 0.4) is 0 Å². The summed E-state index contributed by atoms with van der Waals surface area (Å²) in [5.41, 5.74) is 7.17. The normalized spacial score (nSPS) is 45.7. The molecule has 8 nitrogen and oxygen atoms in total. The van der Waals surface area contributed by atoms with Gasteiger partial charge in [-0.3, -0.25) is 0 Å². The number of epoxide rings is 2. The molecule has 0 aromatic carbocycles. The molecule has 0 spiro atoms. The lowest BCUT2D eigenvalue weighted by molar-refractivity contribution is 0.0618. The first-order chi connectivity index (χ1) is 12.0. The van der Waals surface area contributed by atoms with E-state index in [1.165, 1.54) is 5.57 Å². The summed E-state index contributed by atoms with van der Waals surface area (Å²) in [5.74, 6) is 0.948. The molecule has 0 aromatic rings. The first kappa shape index (κ1) is 17.1. The van der Waals surface area contributed by atoms with Crippen LogP contribution in [-0.4, -0.2) is 72.9 Å². The molecule has 3 heterocycles. The van der Waals surface area contributed by atoms with Crippen LogP contribution in [0.15, 0.2) is 16.8 Å². The Morgan fingerprint density at radius 3 is 2.88 bits per heavy atom. The van der Waals surface area contributed by atoms with E-state index >= 15 is 0 Å². The maximum absolute atomic E-state index is 10.1. The van der Waals surface area contributed by atoms with Crippen LogP contribution >= 0.6 is 0 Å². The number of aliphatic hydroxyl groups is 1. The monoisotopic (exact) mass is 351 g/mol. The van der Waals surface area contributed by atoms with Gasteiger partial charge in [0, 0.05) is 37.7 Å². The Morgan fingerprint density at radius 2 is 2.20 bits per heavy atom. The summed E-state index contributed by atoms with van der Waals surface area (Å²) in [6.07, 6.45) is 3.03. The number of fused-ring (bicyclic) bond motifs is 2. The fourth-order valence-electron chi connectivity index (χ4n) is 4.28. The van der Waals surface area contributed by atoms with Crippen molar-refractivity contribution in [3.8, 4) is 0 Å². The van der Waals surface area contributed by atoms with Gasteiger partial charge in [-0.05, 0) is 12.0 Å². The van der Waals surface area contributed by atoms with Gasteiger partial charge in [-0.15, -0.1) is 0 Å². The lowest BCUT2D eigenvalue weighted by atomic mass is 9.92. The van der Waals surface area contributed by atoms with Crippen LogP contribution < -0.4 is 16.4 Å². The molecule has 8 heteroatoms. The van der Waals surface area contributed by atoms with Crippen LogP contribution in [0.25, 0.3) is 0 Å². The predicted molar refractivity (Wildman–Crippen MR) is 93.5 cm³/mol. The van der Waals surface area contributed by atoms with E-state index in [0.717, 1.165) is 13.0 Å². The Kier molecular flexibility index (Phi) is 4.39. The highest BCUT2D eigenvalue weighted by atomic mass is 16.6. The second kappa shape index (κ2) is 6.42. The molecule has 3 aliphatic heterocycles. The second-order valence-corrected chi connectivity index (χ2v) is 7.65. The summed E-state index contributed by atoms with van der Waals surface area (Å²) >= 11 is 0. The molecular weight excluding hydrogens is 322 g/mol. The van der Waals surface area contributed by atoms with Gasteiger partial charge in [-0.25, -0.2) is 4.99 Å². The first-order valence-electron chi connectivity index (χ1n) is 9.19. The van der Waals surface area contributed by atoms with E-state index in [2.05, 4.69) is 35.7 Å². The Hall–Kier alpha value is -1.35. The van der Waals surface area contributed by atoms with Gasteiger partial charge >= 0.3 is 0 Å². The maximum atomic E-state index is 10.1. The Bertz CT molecular complexity index is 583. The van der Waals surface area contributed by atoms with E-state index in [9.17, 15) is 5.11 Å². The fraction of sp³-hybridized carbons (Fsp3) is 0.824. The molecule has 0 radical (unpaired) electrons. The molecule has 8 atom stereocenters. The molecule has 3 fully saturated rings. The molecule has 5 N–H and O–H groups in total. The molecule has 4 rings (SSSR count). The second-order valence-electron chi connectivity index (χ2n) is 7.65. The summed E-state index contributed by atoms with van der Waals surface area (Å²) in [6.45, 7) is 5.53. The van der Waals surface area contributed by atoms with Crippen molar-refractivity contribution in [1.82, 2.24) is 15.5 Å². The van der Waals surface area contributed by atoms with Gasteiger partial charge in [0.15, 0.2) is 12.2 Å². The third-order valence-electron chi connectivity index (χ3n) is 5.88. The molecule has 0 amide bonds. The number of rotatable bonds is 4. The summed E-state index contributed by atoms with van der Waals surface area (Å²) in [4.78, 5) is 6.36. The van der Waals surface area contributed by atoms with E-state index in [4.69, 9.17) is 15.2 Å². The largest absolute Gasteiger partial charge is 0.390 e. The maximum Gasteiger partial charge on any atom is 0.192 e. The lowest BCUT2D eigenvalue weighted by Gasteiger charge is -2.26. The zero-order valence-corrected chi connectivity index (χ0v) is 15.1. The molecule has 25 heavy (non-hydrogen) atoms. The highest BCUT2D eigenvalue weighted by Crippen LogP contribution is 2.43. The van der Waals surface area contributed by atoms with Crippen molar-refractivity contribution in [2.75, 3.05) is 20.3 Å². The Morgan fingerprint density at radius 1 is 1.40 bits per heavy atom. The van der Waals surface area contributed by atoms with Crippen LogP contribution in [0.2, 0.25) is 0 Å². The predicted octanol–water partition coefficient (Wildman–Crippen LogP) is -0.835. The summed E-state index contributed by atoms with van der Waals surface area (Å²) in [5, 5.41) is 16.9. The van der Waals surface area contributed by atoms with E-state index in [0.29, 0.717) is 18.5 Å². The molecule has 8 unspecified atom stereocenters. The van der Waals surface area contributed by atoms with E-state index in [1.54, 1.807) is 0 Å². The van der Waals surface area contributed by atoms with Crippen LogP contribution in [0, 0.1) is 11.8 Å². The molecule has 4 aliphatic rings. The number of nitrogens with two attached hydrogens (primary N) is 1. The highest BCUT2D eigenvalue weighted by Gasteiger charge is 2.60. The van der Waals surface area contributed by atoms with Crippen molar-refractivity contribution in [2.45, 2.75) is 57.0 Å². The number of nitrogens with zero attached hydrogens (tertiary/aromatic N) is 2. The van der Waals surface area contributed by atoms with Gasteiger partial charge in [0.2, 0.25) is 0 Å². The SMILES string of the molecule is CCC1C(CNC2C(C)C(O)C3OC23)=CN(C)CN=C(N)NC2OC21. The van der Waals surface area contributed by atoms with Crippen LogP contribution in [0.4, 0.5) is 0 Å². The molecule has 2 saturated heterocycles. The van der Waals surface area contributed by atoms with Crippen molar-refractivity contribution in [3.63, 3.8) is 0 Å². The Labute approximate surface area is 148 Å². The molecule has 1 saturated carbocycles. The minimum absolute atomic E-state index is 0.0211. The smallest absolute Gasteiger partial charge is 0.192 e. The molecule has 0 aromatic heterocycles. The average molecular weight is 351 g/mol. The summed E-state index contributed by atoms with van der Waals surface area (Å²) < 4.78 is 11.4. The summed E-state index contributed by atoms with van der Waals surface area (Å²) in [6, 6.07) is 0.196. The minimum Gasteiger partial charge on any atom is -0.390 e. The summed E-state index contributed by atoms with van der Waals surface area (Å²) in [7, 11) is 2.00. The average Bonchev–Trinajstić information content (AvgIpc) is 3.48. The number of aliphatic imine (C=N–C) groups is 1. The highest BCUT2D eigenvalue weighted by molar-refractivity contribution is 5.78. The lowest BCUT2D eigenvalue weighted by Crippen LogP contribution is -2.42. The number of ether oxygens (including phenoxy) is 2. The quantitative estimate of drug-likeness (QED) is 0.489. The van der Waals surface area contributed by atoms with Crippen molar-refractivity contribution in [3.05, 3.63) is 11.8 Å². The minimum atomic E-state index is -0.358. The van der Waals surface area contributed by atoms with Gasteiger partial charge < -0.3 is 35.8 Å². The molecular formula is C17H29N5O3. The molecule has 1 aliphatic carbocycles. The van der Waals surface area contributed by atoms with Gasteiger partial charge in [-0.2, -0.15) is 0 Å². The van der Waals surface area contributed by atoms with E-state index in [-0.39, 0.29) is 42.6 Å². The fourth-order valence-corrected chi connectivity index (χ4v) is 4.28. The van der Waals surface area contributed by atoms with E-state index < -0.39 is 0 Å². The number of hydrogen-bond acceptors (Lipinski definition) is 8. The number of hydrogen-bond donors (Lipinski definition) is 4. The van der Waals surface area contributed by atoms with Crippen LogP contribution in [0.5, 0.6) is 0 Å². The van der Waals surface area contributed by atoms with Gasteiger partial charge in [-0.1, -0.05) is 13.8 Å². The van der Waals surface area contributed by atoms with Gasteiger partial charge in [0.05, 0.1) is 6.10 Å². The standard InChI is InChI=1S/C17H29N5O3/c1-4-10-9(5-19-11-8(2)12(23)15-14(11)24-15)6-22(3)7-20-17(18)21-16-13(10)25-16/h6,8,10-16,19,23H,4-5,7H2,1-3H3,(H3,18,20,21). The van der Waals surface area contributed by atoms with Crippen LogP contribution in [-0.2, 0) is 9.47 Å². The van der Waals surface area contributed by atoms with Gasteiger partial charge in [0.1, 0.15) is 25.0 Å². The Balaban J connectivity index is 1.47. The topological polar surface area (TPSA) is 111 Å². The van der Waals surface area contributed by atoms with Gasteiger partial charge in [0.25, 0.3) is 0 Å². The number of guanidine groups is 1. The van der Waals surface area contributed by atoms with Crippen molar-refractivity contribution in [2.24, 2.45) is 22.6 Å². The first-order valence-corrected chi connectivity index (χ1v) is 9.19. The number of aliphatic hydroxyl groups excluding tert-OH is 1. The van der Waals surface area contributed by atoms with Crippen molar-refractivity contribution in [1.29, 1.82) is 0 Å². The molecule has 0 bridgehead atoms. The third kappa shape index (κ3) is 3.23. The van der Waals surface area contributed by atoms with Crippen molar-refractivity contribution >= 4 is 5.96 Å². The van der Waals surface area contributed by atoms with E-state index in [1.807, 2.05) is 11.9 Å². The van der Waals surface area contributed by atoms with Crippen LogP contribution in [0.1, 0.15) is 20.3 Å². The van der Waals surface area contributed by atoms with Crippen molar-refractivity contribution < 1.29 is 14.6 Å². The third-order valence-corrected chi connectivity index (χ3v) is 5.88. The zero-order valence-electron chi connectivity index (χ0n) is 15.1.